The molecule has 0 spiro atoms. The molecule has 0 saturated heterocycles. The van der Waals surface area contributed by atoms with Crippen molar-refractivity contribution in [2.45, 2.75) is 19.1 Å². The number of nitrogens with two attached hydrogens (primary N) is 1. The lowest BCUT2D eigenvalue weighted by Gasteiger charge is -2.12. The van der Waals surface area contributed by atoms with Gasteiger partial charge < -0.3 is 20.9 Å². The molecule has 36 heavy (non-hydrogen) atoms. The van der Waals surface area contributed by atoms with Gasteiger partial charge in [0, 0.05) is 35.4 Å². The van der Waals surface area contributed by atoms with Crippen molar-refractivity contribution >= 4 is 23.2 Å². The zero-order chi connectivity index (χ0) is 25.9. The predicted molar refractivity (Wildman–Crippen MR) is 121 cm³/mol. The molecule has 3 aromatic heterocycles. The fraction of sp³-hybridized carbons (Fsp3) is 0.130. The van der Waals surface area contributed by atoms with E-state index in [4.69, 9.17) is 10.3 Å². The third kappa shape index (κ3) is 5.46. The summed E-state index contributed by atoms with van der Waals surface area (Å²) < 4.78 is 44.2. The lowest BCUT2D eigenvalue weighted by Crippen LogP contribution is -2.27. The molecule has 0 saturated carbocycles. The molecule has 0 fully saturated rings. The SMILES string of the molecule is C[C@@H](NC(=O)c1cc(-c2ccncc2)ncn1)c1cc(C(=O)Nc2ccc(N)c(C(F)(F)F)c2)on1. The first kappa shape index (κ1) is 24.3. The van der Waals surface area contributed by atoms with Gasteiger partial charge in [-0.15, -0.1) is 0 Å². The number of halogens is 3. The van der Waals surface area contributed by atoms with Crippen LogP contribution in [0.3, 0.4) is 0 Å². The summed E-state index contributed by atoms with van der Waals surface area (Å²) in [6.45, 7) is 1.61. The van der Waals surface area contributed by atoms with Crippen molar-refractivity contribution in [2.24, 2.45) is 0 Å². The molecular weight excluding hydrogens is 479 g/mol. The summed E-state index contributed by atoms with van der Waals surface area (Å²) in [5.74, 6) is -1.61. The number of carbonyl (C=O) groups is 2. The Bertz CT molecular complexity index is 1410. The maximum Gasteiger partial charge on any atom is 0.418 e. The van der Waals surface area contributed by atoms with E-state index in [0.717, 1.165) is 17.7 Å². The van der Waals surface area contributed by atoms with E-state index < -0.39 is 35.3 Å². The van der Waals surface area contributed by atoms with Crippen molar-refractivity contribution in [1.82, 2.24) is 25.4 Å². The minimum atomic E-state index is -4.68. The van der Waals surface area contributed by atoms with E-state index in [-0.39, 0.29) is 22.8 Å². The summed E-state index contributed by atoms with van der Waals surface area (Å²) >= 11 is 0. The van der Waals surface area contributed by atoms with E-state index in [1.54, 1.807) is 31.5 Å². The minimum Gasteiger partial charge on any atom is -0.398 e. The highest BCUT2D eigenvalue weighted by Crippen LogP contribution is 2.35. The Labute approximate surface area is 201 Å². The molecule has 1 aromatic carbocycles. The molecule has 0 aliphatic rings. The largest absolute Gasteiger partial charge is 0.418 e. The maximum absolute atomic E-state index is 13.1. The van der Waals surface area contributed by atoms with Crippen LogP contribution in [0.4, 0.5) is 24.5 Å². The first-order valence-corrected chi connectivity index (χ1v) is 10.4. The summed E-state index contributed by atoms with van der Waals surface area (Å²) in [4.78, 5) is 37.2. The van der Waals surface area contributed by atoms with Crippen LogP contribution < -0.4 is 16.4 Å². The number of aromatic nitrogens is 4. The van der Waals surface area contributed by atoms with E-state index >= 15 is 0 Å². The van der Waals surface area contributed by atoms with Crippen molar-refractivity contribution < 1.29 is 27.3 Å². The lowest BCUT2D eigenvalue weighted by atomic mass is 10.1. The van der Waals surface area contributed by atoms with Gasteiger partial charge in [0.25, 0.3) is 11.8 Å². The molecule has 0 aliphatic carbocycles. The smallest absolute Gasteiger partial charge is 0.398 e. The fourth-order valence-corrected chi connectivity index (χ4v) is 3.18. The molecule has 0 aliphatic heterocycles. The number of rotatable bonds is 6. The quantitative estimate of drug-likeness (QED) is 0.340. The molecule has 0 bridgehead atoms. The van der Waals surface area contributed by atoms with Crippen LogP contribution in [0, 0.1) is 0 Å². The fourth-order valence-electron chi connectivity index (χ4n) is 3.18. The van der Waals surface area contributed by atoms with Gasteiger partial charge in [-0.25, -0.2) is 9.97 Å². The molecule has 10 nitrogen and oxygen atoms in total. The Morgan fingerprint density at radius 1 is 1.03 bits per heavy atom. The van der Waals surface area contributed by atoms with Gasteiger partial charge in [0.2, 0.25) is 5.76 Å². The van der Waals surface area contributed by atoms with Gasteiger partial charge >= 0.3 is 6.18 Å². The number of hydrogen-bond acceptors (Lipinski definition) is 8. The second-order valence-corrected chi connectivity index (χ2v) is 7.59. The van der Waals surface area contributed by atoms with E-state index in [0.29, 0.717) is 5.69 Å². The standard InChI is InChI=1S/C23H18F3N7O3/c1-12(31-21(34)19-9-18(29-11-30-19)13-4-6-28-7-5-13)17-10-20(36-33-17)22(35)32-14-2-3-16(27)15(8-14)23(24,25)26/h2-12H,27H2,1H3,(H,31,34)(H,32,35)/t12-/m1/s1. The molecule has 1 atom stereocenters. The number of nitrogens with one attached hydrogen (secondary N) is 2. The molecule has 3 heterocycles. The van der Waals surface area contributed by atoms with Gasteiger partial charge in [-0.05, 0) is 43.3 Å². The van der Waals surface area contributed by atoms with Crippen molar-refractivity contribution in [3.63, 3.8) is 0 Å². The second-order valence-electron chi connectivity index (χ2n) is 7.59. The summed E-state index contributed by atoms with van der Waals surface area (Å²) in [6.07, 6.45) is -0.226. The van der Waals surface area contributed by atoms with Gasteiger partial charge in [0.1, 0.15) is 17.7 Å². The Balaban J connectivity index is 1.43. The van der Waals surface area contributed by atoms with Crippen LogP contribution in [0.5, 0.6) is 0 Å². The highest BCUT2D eigenvalue weighted by molar-refractivity contribution is 6.02. The summed E-state index contributed by atoms with van der Waals surface area (Å²) in [5.41, 5.74) is 5.29. The van der Waals surface area contributed by atoms with Crippen LogP contribution in [0.2, 0.25) is 0 Å². The zero-order valence-corrected chi connectivity index (χ0v) is 18.6. The van der Waals surface area contributed by atoms with E-state index in [2.05, 4.69) is 30.7 Å². The molecule has 4 rings (SSSR count). The van der Waals surface area contributed by atoms with E-state index in [9.17, 15) is 22.8 Å². The molecule has 13 heteroatoms. The highest BCUT2D eigenvalue weighted by Gasteiger charge is 2.33. The second kappa shape index (κ2) is 9.82. The van der Waals surface area contributed by atoms with E-state index in [1.165, 1.54) is 24.5 Å². The van der Waals surface area contributed by atoms with Gasteiger partial charge in [0.05, 0.1) is 17.3 Å². The lowest BCUT2D eigenvalue weighted by molar-refractivity contribution is -0.136. The third-order valence-corrected chi connectivity index (χ3v) is 5.04. The zero-order valence-electron chi connectivity index (χ0n) is 18.6. The first-order chi connectivity index (χ1) is 17.1. The van der Waals surface area contributed by atoms with Gasteiger partial charge in [0.15, 0.2) is 0 Å². The van der Waals surface area contributed by atoms with Crippen molar-refractivity contribution in [1.29, 1.82) is 0 Å². The Kier molecular flexibility index (Phi) is 6.63. The monoisotopic (exact) mass is 497 g/mol. The summed E-state index contributed by atoms with van der Waals surface area (Å²) in [5, 5.41) is 8.76. The molecular formula is C23H18F3N7O3. The number of alkyl halides is 3. The predicted octanol–water partition coefficient (Wildman–Crippen LogP) is 3.87. The topological polar surface area (TPSA) is 149 Å². The molecule has 4 N–H and O–H groups in total. The van der Waals surface area contributed by atoms with Crippen molar-refractivity contribution in [3.8, 4) is 11.3 Å². The number of benzene rings is 1. The first-order valence-electron chi connectivity index (χ1n) is 10.4. The average Bonchev–Trinajstić information content (AvgIpc) is 3.36. The van der Waals surface area contributed by atoms with Crippen LogP contribution in [0.25, 0.3) is 11.3 Å². The number of nitrogen functional groups attached to an aromatic ring is 1. The molecule has 4 aromatic rings. The molecule has 0 radical (unpaired) electrons. The maximum atomic E-state index is 13.1. The number of carbonyl (C=O) groups excluding carboxylic acids is 2. The van der Waals surface area contributed by atoms with Gasteiger partial charge in [-0.2, -0.15) is 13.2 Å². The van der Waals surface area contributed by atoms with Crippen LogP contribution in [0.1, 0.15) is 45.3 Å². The highest BCUT2D eigenvalue weighted by atomic mass is 19.4. The van der Waals surface area contributed by atoms with Crippen molar-refractivity contribution in [3.05, 3.63) is 83.9 Å². The number of anilines is 2. The third-order valence-electron chi connectivity index (χ3n) is 5.04. The summed E-state index contributed by atoms with van der Waals surface area (Å²) in [6, 6.07) is 8.56. The van der Waals surface area contributed by atoms with Crippen LogP contribution >= 0.6 is 0 Å². The minimum absolute atomic E-state index is 0.106. The number of pyridine rings is 1. The number of amides is 2. The summed E-state index contributed by atoms with van der Waals surface area (Å²) in [7, 11) is 0. The van der Waals surface area contributed by atoms with Crippen molar-refractivity contribution in [2.75, 3.05) is 11.1 Å². The average molecular weight is 497 g/mol. The Morgan fingerprint density at radius 3 is 2.50 bits per heavy atom. The van der Waals surface area contributed by atoms with Crippen LogP contribution in [-0.4, -0.2) is 31.9 Å². The number of hydrogen-bond donors (Lipinski definition) is 3. The van der Waals surface area contributed by atoms with Crippen LogP contribution in [0.15, 0.2) is 65.7 Å². The molecule has 184 valence electrons. The Morgan fingerprint density at radius 2 is 1.78 bits per heavy atom. The Hall–Kier alpha value is -4.81. The van der Waals surface area contributed by atoms with Gasteiger partial charge in [-0.3, -0.25) is 14.6 Å². The number of nitrogens with zero attached hydrogens (tertiary/aromatic N) is 4. The normalized spacial score (nSPS) is 12.1. The van der Waals surface area contributed by atoms with E-state index in [1.807, 2.05) is 0 Å². The molecule has 0 unspecified atom stereocenters. The molecule has 2 amide bonds. The van der Waals surface area contributed by atoms with Crippen LogP contribution in [-0.2, 0) is 6.18 Å². The van der Waals surface area contributed by atoms with Gasteiger partial charge in [-0.1, -0.05) is 5.16 Å².